The van der Waals surface area contributed by atoms with Crippen LogP contribution in [0.15, 0.2) is 0 Å². The first kappa shape index (κ1) is 13.9. The molecule has 0 atom stereocenters. The molecule has 0 fully saturated rings. The number of carbonyl (C=O) groups excluding carboxylic acids is 1. The van der Waals surface area contributed by atoms with Crippen molar-refractivity contribution in [1.29, 1.82) is 0 Å². The highest BCUT2D eigenvalue weighted by Gasteiger charge is 2.13. The summed E-state index contributed by atoms with van der Waals surface area (Å²) in [5, 5.41) is 7.57. The van der Waals surface area contributed by atoms with Crippen LogP contribution in [0.25, 0.3) is 0 Å². The molecule has 0 aliphatic rings. The van der Waals surface area contributed by atoms with Crippen LogP contribution in [-0.4, -0.2) is 29.8 Å². The molecule has 0 spiro atoms. The molecule has 0 radical (unpaired) electrons. The van der Waals surface area contributed by atoms with Gasteiger partial charge in [0.25, 0.3) is 0 Å². The smallest absolute Gasteiger partial charge is 0.320 e. The van der Waals surface area contributed by atoms with Crippen molar-refractivity contribution >= 4 is 5.97 Å². The van der Waals surface area contributed by atoms with E-state index in [9.17, 15) is 4.79 Å². The lowest BCUT2D eigenvalue weighted by atomic mass is 10.2. The average Bonchev–Trinajstić information content (AvgIpc) is 1.86. The van der Waals surface area contributed by atoms with Crippen LogP contribution in [0.5, 0.6) is 0 Å². The Morgan fingerprint density at radius 3 is 1.92 bits per heavy atom. The maximum Gasteiger partial charge on any atom is 0.320 e. The summed E-state index contributed by atoms with van der Waals surface area (Å²) in [5.41, 5.74) is 4.60. The lowest BCUT2D eigenvalue weighted by Crippen LogP contribution is -2.28. The molecular formula is C8H19NO3. The van der Waals surface area contributed by atoms with Crippen LogP contribution in [0.4, 0.5) is 0 Å². The summed E-state index contributed by atoms with van der Waals surface area (Å²) in [5.74, 6) is -0.359. The highest BCUT2D eigenvalue weighted by molar-refractivity contribution is 5.71. The zero-order valence-corrected chi connectivity index (χ0v) is 8.26. The van der Waals surface area contributed by atoms with Gasteiger partial charge in [0.1, 0.15) is 5.60 Å². The number of aliphatic hydroxyl groups excluding tert-OH is 1. The van der Waals surface area contributed by atoms with Gasteiger partial charge in [0.15, 0.2) is 0 Å². The summed E-state index contributed by atoms with van der Waals surface area (Å²) in [6.07, 6.45) is 0. The third-order valence-corrected chi connectivity index (χ3v) is 0.587. The molecule has 0 amide bonds. The minimum absolute atomic E-state index is 0.0444. The van der Waals surface area contributed by atoms with Crippen LogP contribution in [0, 0.1) is 0 Å². The van der Waals surface area contributed by atoms with Crippen LogP contribution in [0.3, 0.4) is 0 Å². The number of aliphatic hydroxyl groups is 1. The molecular weight excluding hydrogens is 158 g/mol. The van der Waals surface area contributed by atoms with Gasteiger partial charge in [-0.05, 0) is 27.7 Å². The predicted octanol–water partition coefficient (Wildman–Crippen LogP) is 0.285. The van der Waals surface area contributed by atoms with E-state index in [0.717, 1.165) is 0 Å². The van der Waals surface area contributed by atoms with Gasteiger partial charge in [-0.2, -0.15) is 0 Å². The molecule has 0 unspecified atom stereocenters. The molecule has 74 valence electrons. The third kappa shape index (κ3) is 16.2. The molecule has 0 saturated carbocycles. The minimum Gasteiger partial charge on any atom is -0.459 e. The van der Waals surface area contributed by atoms with Crippen LogP contribution in [-0.2, 0) is 9.53 Å². The molecule has 0 aliphatic carbocycles. The van der Waals surface area contributed by atoms with Crippen LogP contribution in [0.1, 0.15) is 27.7 Å². The van der Waals surface area contributed by atoms with E-state index in [1.807, 2.05) is 0 Å². The van der Waals surface area contributed by atoms with Gasteiger partial charge >= 0.3 is 5.97 Å². The monoisotopic (exact) mass is 177 g/mol. The summed E-state index contributed by atoms with van der Waals surface area (Å²) in [6.45, 7) is 7.30. The number of nitrogens with two attached hydrogens (primary N) is 1. The first-order chi connectivity index (χ1) is 5.37. The number of carbonyl (C=O) groups is 1. The van der Waals surface area contributed by atoms with E-state index in [0.29, 0.717) is 0 Å². The van der Waals surface area contributed by atoms with Gasteiger partial charge in [-0.15, -0.1) is 0 Å². The lowest BCUT2D eigenvalue weighted by Gasteiger charge is -2.18. The van der Waals surface area contributed by atoms with E-state index in [4.69, 9.17) is 15.6 Å². The molecule has 4 nitrogen and oxygen atoms in total. The van der Waals surface area contributed by atoms with Crippen molar-refractivity contribution < 1.29 is 14.6 Å². The molecule has 0 bridgehead atoms. The number of hydrogen-bond donors (Lipinski definition) is 2. The fourth-order valence-corrected chi connectivity index (χ4v) is 0.383. The van der Waals surface area contributed by atoms with Gasteiger partial charge in [-0.25, -0.2) is 0 Å². The molecule has 0 aromatic rings. The van der Waals surface area contributed by atoms with Crippen LogP contribution in [0.2, 0.25) is 0 Å². The van der Waals surface area contributed by atoms with Gasteiger partial charge in [0.2, 0.25) is 0 Å². The Bertz CT molecular complexity index is 118. The van der Waals surface area contributed by atoms with Gasteiger partial charge in [-0.1, -0.05) is 0 Å². The molecule has 0 aliphatic heterocycles. The molecule has 0 aromatic carbocycles. The number of rotatable bonds is 1. The average molecular weight is 177 g/mol. The maximum atomic E-state index is 10.5. The Kier molecular flexibility index (Phi) is 8.21. The van der Waals surface area contributed by atoms with Crippen molar-refractivity contribution in [2.45, 2.75) is 33.3 Å². The van der Waals surface area contributed by atoms with E-state index >= 15 is 0 Å². The SMILES string of the molecule is CC(C)(C)OC(=O)CN.CCO. The van der Waals surface area contributed by atoms with Crippen molar-refractivity contribution in [3.05, 3.63) is 0 Å². The molecule has 4 heteroatoms. The number of hydrogen-bond acceptors (Lipinski definition) is 4. The van der Waals surface area contributed by atoms with Gasteiger partial charge in [0.05, 0.1) is 6.54 Å². The fourth-order valence-electron chi connectivity index (χ4n) is 0.383. The van der Waals surface area contributed by atoms with Gasteiger partial charge in [-0.3, -0.25) is 4.79 Å². The van der Waals surface area contributed by atoms with E-state index in [2.05, 4.69) is 0 Å². The summed E-state index contributed by atoms with van der Waals surface area (Å²) in [7, 11) is 0. The normalized spacial score (nSPS) is 9.83. The Morgan fingerprint density at radius 1 is 1.50 bits per heavy atom. The van der Waals surface area contributed by atoms with Gasteiger partial charge < -0.3 is 15.6 Å². The second-order valence-corrected chi connectivity index (χ2v) is 3.11. The molecule has 3 N–H and O–H groups in total. The Hall–Kier alpha value is -0.610. The molecule has 0 aromatic heterocycles. The van der Waals surface area contributed by atoms with Crippen molar-refractivity contribution in [3.8, 4) is 0 Å². The molecule has 0 heterocycles. The largest absolute Gasteiger partial charge is 0.459 e. The number of esters is 1. The van der Waals surface area contributed by atoms with Crippen molar-refractivity contribution in [3.63, 3.8) is 0 Å². The number of ether oxygens (including phenoxy) is 1. The van der Waals surface area contributed by atoms with Crippen LogP contribution >= 0.6 is 0 Å². The molecule has 12 heavy (non-hydrogen) atoms. The highest BCUT2D eigenvalue weighted by Crippen LogP contribution is 2.05. The Morgan fingerprint density at radius 2 is 1.83 bits per heavy atom. The first-order valence-electron chi connectivity index (χ1n) is 3.90. The third-order valence-electron chi connectivity index (χ3n) is 0.587. The zero-order chi connectivity index (χ0) is 10.2. The maximum absolute atomic E-state index is 10.5. The van der Waals surface area contributed by atoms with Gasteiger partial charge in [0, 0.05) is 6.61 Å². The van der Waals surface area contributed by atoms with Crippen molar-refractivity contribution in [1.82, 2.24) is 0 Å². The lowest BCUT2D eigenvalue weighted by molar-refractivity contribution is -0.152. The Balaban J connectivity index is 0. The van der Waals surface area contributed by atoms with E-state index in [-0.39, 0.29) is 19.1 Å². The summed E-state index contributed by atoms with van der Waals surface area (Å²) in [6, 6.07) is 0. The van der Waals surface area contributed by atoms with E-state index < -0.39 is 5.60 Å². The highest BCUT2D eigenvalue weighted by atomic mass is 16.6. The Labute approximate surface area is 73.7 Å². The second kappa shape index (κ2) is 7.06. The fraction of sp³-hybridized carbons (Fsp3) is 0.875. The summed E-state index contributed by atoms with van der Waals surface area (Å²) < 4.78 is 4.82. The first-order valence-corrected chi connectivity index (χ1v) is 3.90. The summed E-state index contributed by atoms with van der Waals surface area (Å²) in [4.78, 5) is 10.5. The van der Waals surface area contributed by atoms with Crippen LogP contribution < -0.4 is 5.73 Å². The summed E-state index contributed by atoms with van der Waals surface area (Å²) >= 11 is 0. The van der Waals surface area contributed by atoms with E-state index in [1.54, 1.807) is 27.7 Å². The minimum atomic E-state index is -0.406. The second-order valence-electron chi connectivity index (χ2n) is 3.11. The predicted molar refractivity (Wildman–Crippen MR) is 47.7 cm³/mol. The topological polar surface area (TPSA) is 72.5 Å². The molecule has 0 saturated heterocycles. The standard InChI is InChI=1S/C6H13NO2.C2H6O/c1-6(2,3)9-5(8)4-7;1-2-3/h4,7H2,1-3H3;3H,2H2,1H3. The van der Waals surface area contributed by atoms with Crippen molar-refractivity contribution in [2.24, 2.45) is 5.73 Å². The zero-order valence-electron chi connectivity index (χ0n) is 8.26. The van der Waals surface area contributed by atoms with E-state index in [1.165, 1.54) is 0 Å². The molecule has 0 rings (SSSR count). The quantitative estimate of drug-likeness (QED) is 0.564. The van der Waals surface area contributed by atoms with Crippen molar-refractivity contribution in [2.75, 3.05) is 13.2 Å².